The van der Waals surface area contributed by atoms with E-state index in [1.165, 1.54) is 10.5 Å². The van der Waals surface area contributed by atoms with Crippen molar-refractivity contribution in [2.75, 3.05) is 5.75 Å². The Labute approximate surface area is 118 Å². The van der Waals surface area contributed by atoms with Gasteiger partial charge in [-0.2, -0.15) is 0 Å². The highest BCUT2D eigenvalue weighted by atomic mass is 79.9. The van der Waals surface area contributed by atoms with Crippen LogP contribution in [0.4, 0.5) is 0 Å². The molecule has 2 rings (SSSR count). The highest BCUT2D eigenvalue weighted by molar-refractivity contribution is 9.10. The Hall–Kier alpha value is -0.290. The average molecular weight is 329 g/mol. The third kappa shape index (κ3) is 3.58. The maximum atomic E-state index is 10.1. The molecule has 0 saturated carbocycles. The molecule has 0 amide bonds. The molecule has 1 nitrogen and oxygen atoms in total. The molecule has 0 aliphatic rings. The van der Waals surface area contributed by atoms with Crippen LogP contribution in [0.1, 0.15) is 16.5 Å². The largest absolute Gasteiger partial charge is 0.387 e. The minimum atomic E-state index is -0.372. The van der Waals surface area contributed by atoms with Gasteiger partial charge in [-0.05, 0) is 48.2 Å². The van der Waals surface area contributed by atoms with Crippen molar-refractivity contribution in [3.05, 3.63) is 50.6 Å². The maximum Gasteiger partial charge on any atom is 0.0978 e. The standard InChI is InChI=1S/C13H13BrOS2/c1-9-6-7-16-13(9)12(15)8-17-11-4-2-10(14)3-5-11/h2-7,12,15H,8H2,1H3. The van der Waals surface area contributed by atoms with Gasteiger partial charge in [0.2, 0.25) is 0 Å². The summed E-state index contributed by atoms with van der Waals surface area (Å²) in [5.41, 5.74) is 1.18. The number of hydrogen-bond acceptors (Lipinski definition) is 3. The second kappa shape index (κ2) is 6.05. The summed E-state index contributed by atoms with van der Waals surface area (Å²) in [5, 5.41) is 12.1. The van der Waals surface area contributed by atoms with E-state index in [0.717, 1.165) is 9.35 Å². The molecule has 1 aromatic heterocycles. The number of aliphatic hydroxyl groups is 1. The first kappa shape index (κ1) is 13.1. The molecular formula is C13H13BrOS2. The number of thioether (sulfide) groups is 1. The Morgan fingerprint density at radius 2 is 2.00 bits per heavy atom. The second-order valence-corrected chi connectivity index (χ2v) is 6.71. The van der Waals surface area contributed by atoms with E-state index >= 15 is 0 Å². The zero-order valence-corrected chi connectivity index (χ0v) is 12.6. The molecule has 0 radical (unpaired) electrons. The minimum absolute atomic E-state index is 0.372. The summed E-state index contributed by atoms with van der Waals surface area (Å²) in [6.07, 6.45) is -0.372. The smallest absolute Gasteiger partial charge is 0.0978 e. The molecule has 2 aromatic rings. The van der Waals surface area contributed by atoms with Gasteiger partial charge in [-0.15, -0.1) is 23.1 Å². The monoisotopic (exact) mass is 328 g/mol. The summed E-state index contributed by atoms with van der Waals surface area (Å²) in [6.45, 7) is 2.04. The van der Waals surface area contributed by atoms with Crippen LogP contribution in [-0.4, -0.2) is 10.9 Å². The molecule has 1 atom stereocenters. The summed E-state index contributed by atoms with van der Waals surface area (Å²) in [4.78, 5) is 2.26. The normalized spacial score (nSPS) is 12.6. The Kier molecular flexibility index (Phi) is 4.68. The number of benzene rings is 1. The molecule has 0 spiro atoms. The maximum absolute atomic E-state index is 10.1. The van der Waals surface area contributed by atoms with Crippen LogP contribution in [-0.2, 0) is 0 Å². The second-order valence-electron chi connectivity index (χ2n) is 3.75. The molecule has 0 aliphatic heterocycles. The number of thiophene rings is 1. The van der Waals surface area contributed by atoms with Gasteiger partial charge < -0.3 is 5.11 Å². The molecule has 0 bridgehead atoms. The van der Waals surface area contributed by atoms with Gasteiger partial charge in [-0.25, -0.2) is 0 Å². The summed E-state index contributed by atoms with van der Waals surface area (Å²) in [7, 11) is 0. The first-order chi connectivity index (χ1) is 8.16. The SMILES string of the molecule is Cc1ccsc1C(O)CSc1ccc(Br)cc1. The molecule has 0 saturated heterocycles. The molecule has 4 heteroatoms. The fourth-order valence-corrected chi connectivity index (χ4v) is 3.64. The van der Waals surface area contributed by atoms with E-state index in [-0.39, 0.29) is 6.10 Å². The molecule has 1 heterocycles. The minimum Gasteiger partial charge on any atom is -0.387 e. The summed E-state index contributed by atoms with van der Waals surface area (Å²) >= 11 is 6.71. The lowest BCUT2D eigenvalue weighted by Crippen LogP contribution is -1.99. The predicted molar refractivity (Wildman–Crippen MR) is 78.9 cm³/mol. The van der Waals surface area contributed by atoms with Crippen molar-refractivity contribution in [2.45, 2.75) is 17.9 Å². The van der Waals surface area contributed by atoms with Crippen LogP contribution in [0.25, 0.3) is 0 Å². The van der Waals surface area contributed by atoms with E-state index in [1.54, 1.807) is 23.1 Å². The molecule has 90 valence electrons. The van der Waals surface area contributed by atoms with Crippen molar-refractivity contribution in [2.24, 2.45) is 0 Å². The van der Waals surface area contributed by atoms with Crippen molar-refractivity contribution in [3.8, 4) is 0 Å². The van der Waals surface area contributed by atoms with Crippen LogP contribution in [0.15, 0.2) is 45.1 Å². The fraction of sp³-hybridized carbons (Fsp3) is 0.231. The highest BCUT2D eigenvalue weighted by Gasteiger charge is 2.12. The molecule has 1 N–H and O–H groups in total. The van der Waals surface area contributed by atoms with Gasteiger partial charge in [0.05, 0.1) is 6.10 Å². The van der Waals surface area contributed by atoms with E-state index in [2.05, 4.69) is 28.1 Å². The van der Waals surface area contributed by atoms with E-state index in [4.69, 9.17) is 0 Å². The molecular weight excluding hydrogens is 316 g/mol. The van der Waals surface area contributed by atoms with Crippen LogP contribution in [0.3, 0.4) is 0 Å². The Bertz CT molecular complexity index is 478. The van der Waals surface area contributed by atoms with Crippen molar-refractivity contribution in [3.63, 3.8) is 0 Å². The highest BCUT2D eigenvalue weighted by Crippen LogP contribution is 2.29. The van der Waals surface area contributed by atoms with E-state index in [1.807, 2.05) is 30.5 Å². The molecule has 1 unspecified atom stereocenters. The first-order valence-corrected chi connectivity index (χ1v) is 7.93. The van der Waals surface area contributed by atoms with Crippen LogP contribution in [0.2, 0.25) is 0 Å². The Morgan fingerprint density at radius 3 is 2.59 bits per heavy atom. The fourth-order valence-electron chi connectivity index (χ4n) is 1.51. The van der Waals surface area contributed by atoms with Crippen molar-refractivity contribution in [1.29, 1.82) is 0 Å². The van der Waals surface area contributed by atoms with Crippen LogP contribution in [0, 0.1) is 6.92 Å². The Morgan fingerprint density at radius 1 is 1.29 bits per heavy atom. The van der Waals surface area contributed by atoms with Crippen LogP contribution in [0.5, 0.6) is 0 Å². The van der Waals surface area contributed by atoms with Crippen molar-refractivity contribution < 1.29 is 5.11 Å². The number of rotatable bonds is 4. The first-order valence-electron chi connectivity index (χ1n) is 5.27. The molecule has 17 heavy (non-hydrogen) atoms. The predicted octanol–water partition coefficient (Wildman–Crippen LogP) is 4.64. The molecule has 0 aliphatic carbocycles. The quantitative estimate of drug-likeness (QED) is 0.824. The lowest BCUT2D eigenvalue weighted by atomic mass is 10.2. The van der Waals surface area contributed by atoms with Gasteiger partial charge in [0.25, 0.3) is 0 Å². The number of hydrogen-bond donors (Lipinski definition) is 1. The summed E-state index contributed by atoms with van der Waals surface area (Å²) in [6, 6.07) is 10.2. The number of halogens is 1. The number of aryl methyl sites for hydroxylation is 1. The third-order valence-corrected chi connectivity index (χ3v) is 5.16. The Balaban J connectivity index is 1.94. The van der Waals surface area contributed by atoms with Gasteiger partial charge >= 0.3 is 0 Å². The molecule has 1 aromatic carbocycles. The van der Waals surface area contributed by atoms with E-state index < -0.39 is 0 Å². The topological polar surface area (TPSA) is 20.2 Å². The summed E-state index contributed by atoms with van der Waals surface area (Å²) < 4.78 is 1.08. The lowest BCUT2D eigenvalue weighted by Gasteiger charge is -2.09. The van der Waals surface area contributed by atoms with Gasteiger partial charge in [0, 0.05) is 20.0 Å². The van der Waals surface area contributed by atoms with Crippen LogP contribution < -0.4 is 0 Å². The van der Waals surface area contributed by atoms with Gasteiger partial charge in [-0.3, -0.25) is 0 Å². The van der Waals surface area contributed by atoms with Gasteiger partial charge in [-0.1, -0.05) is 15.9 Å². The summed E-state index contributed by atoms with van der Waals surface area (Å²) in [5.74, 6) is 0.697. The average Bonchev–Trinajstić information content (AvgIpc) is 2.74. The van der Waals surface area contributed by atoms with E-state index in [9.17, 15) is 5.11 Å². The zero-order chi connectivity index (χ0) is 12.3. The molecule has 0 fully saturated rings. The zero-order valence-electron chi connectivity index (χ0n) is 9.39. The van der Waals surface area contributed by atoms with Gasteiger partial charge in [0.1, 0.15) is 0 Å². The van der Waals surface area contributed by atoms with E-state index in [0.29, 0.717) is 5.75 Å². The lowest BCUT2D eigenvalue weighted by molar-refractivity contribution is 0.207. The van der Waals surface area contributed by atoms with Crippen molar-refractivity contribution in [1.82, 2.24) is 0 Å². The van der Waals surface area contributed by atoms with Crippen molar-refractivity contribution >= 4 is 39.0 Å². The van der Waals surface area contributed by atoms with Crippen LogP contribution >= 0.6 is 39.0 Å². The van der Waals surface area contributed by atoms with Gasteiger partial charge in [0.15, 0.2) is 0 Å². The third-order valence-electron chi connectivity index (χ3n) is 2.43. The number of aliphatic hydroxyl groups excluding tert-OH is 1.